The number of ether oxygens (including phenoxy) is 2. The summed E-state index contributed by atoms with van der Waals surface area (Å²) in [4.78, 5) is 14.1. The standard InChI is InChI=1S/C17H18FNO4/c18-14-3-1-13(2-4-14)15-5-6-16(23-15)17(20)22-12-9-19-7-10-21-11-8-19/h1-6H,7-12H2. The SMILES string of the molecule is O=C(OCCN1CCOCC1)c1ccc(-c2ccc(F)cc2)o1. The summed E-state index contributed by atoms with van der Waals surface area (Å²) in [6.45, 7) is 4.13. The van der Waals surface area contributed by atoms with Gasteiger partial charge >= 0.3 is 5.97 Å². The molecule has 2 aromatic rings. The fourth-order valence-electron chi connectivity index (χ4n) is 2.38. The molecule has 1 aliphatic heterocycles. The van der Waals surface area contributed by atoms with Crippen LogP contribution in [0.15, 0.2) is 40.8 Å². The maximum atomic E-state index is 12.9. The van der Waals surface area contributed by atoms with Crippen molar-refractivity contribution in [2.75, 3.05) is 39.5 Å². The molecule has 0 amide bonds. The number of furan rings is 1. The van der Waals surface area contributed by atoms with E-state index in [4.69, 9.17) is 13.9 Å². The van der Waals surface area contributed by atoms with Crippen LogP contribution in [0.4, 0.5) is 4.39 Å². The van der Waals surface area contributed by atoms with Crippen LogP contribution in [0.3, 0.4) is 0 Å². The van der Waals surface area contributed by atoms with Gasteiger partial charge in [0, 0.05) is 25.2 Å². The summed E-state index contributed by atoms with van der Waals surface area (Å²) in [6, 6.07) is 9.13. The van der Waals surface area contributed by atoms with Gasteiger partial charge in [-0.3, -0.25) is 4.90 Å². The lowest BCUT2D eigenvalue weighted by atomic mass is 10.2. The van der Waals surface area contributed by atoms with Crippen molar-refractivity contribution in [2.24, 2.45) is 0 Å². The van der Waals surface area contributed by atoms with E-state index in [0.717, 1.165) is 13.1 Å². The zero-order valence-electron chi connectivity index (χ0n) is 12.7. The summed E-state index contributed by atoms with van der Waals surface area (Å²) in [5.41, 5.74) is 0.707. The average molecular weight is 319 g/mol. The molecule has 2 heterocycles. The Morgan fingerprint density at radius 2 is 1.87 bits per heavy atom. The summed E-state index contributed by atoms with van der Waals surface area (Å²) < 4.78 is 28.9. The quantitative estimate of drug-likeness (QED) is 0.793. The number of carbonyl (C=O) groups excluding carboxylic acids is 1. The van der Waals surface area contributed by atoms with Gasteiger partial charge in [-0.1, -0.05) is 0 Å². The second kappa shape index (κ2) is 7.39. The first-order valence-electron chi connectivity index (χ1n) is 7.55. The lowest BCUT2D eigenvalue weighted by Gasteiger charge is -2.25. The summed E-state index contributed by atoms with van der Waals surface area (Å²) in [5.74, 6) is -0.161. The smallest absolute Gasteiger partial charge is 0.374 e. The van der Waals surface area contributed by atoms with Gasteiger partial charge in [0.1, 0.15) is 18.2 Å². The van der Waals surface area contributed by atoms with Gasteiger partial charge in [-0.2, -0.15) is 0 Å². The molecule has 0 unspecified atom stereocenters. The van der Waals surface area contributed by atoms with Crippen molar-refractivity contribution in [3.8, 4) is 11.3 Å². The first-order valence-corrected chi connectivity index (χ1v) is 7.55. The Bertz CT molecular complexity index is 647. The van der Waals surface area contributed by atoms with E-state index in [9.17, 15) is 9.18 Å². The number of morpholine rings is 1. The average Bonchev–Trinajstić information content (AvgIpc) is 3.06. The number of esters is 1. The fraction of sp³-hybridized carbons (Fsp3) is 0.353. The van der Waals surface area contributed by atoms with Gasteiger partial charge in [-0.05, 0) is 36.4 Å². The first kappa shape index (κ1) is 15.7. The van der Waals surface area contributed by atoms with Crippen LogP contribution in [-0.4, -0.2) is 50.3 Å². The largest absolute Gasteiger partial charge is 0.458 e. The van der Waals surface area contributed by atoms with Crippen molar-refractivity contribution < 1.29 is 23.1 Å². The minimum absolute atomic E-state index is 0.145. The summed E-state index contributed by atoms with van der Waals surface area (Å²) in [7, 11) is 0. The zero-order chi connectivity index (χ0) is 16.1. The van der Waals surface area contributed by atoms with Crippen LogP contribution in [0.1, 0.15) is 10.6 Å². The molecule has 0 saturated carbocycles. The molecule has 6 heteroatoms. The van der Waals surface area contributed by atoms with Gasteiger partial charge < -0.3 is 13.9 Å². The molecule has 0 radical (unpaired) electrons. The molecule has 1 aliphatic rings. The Kier molecular flexibility index (Phi) is 5.05. The van der Waals surface area contributed by atoms with Gasteiger partial charge in [-0.15, -0.1) is 0 Å². The highest BCUT2D eigenvalue weighted by Crippen LogP contribution is 2.22. The molecule has 1 fully saturated rings. The maximum Gasteiger partial charge on any atom is 0.374 e. The van der Waals surface area contributed by atoms with E-state index in [1.54, 1.807) is 24.3 Å². The van der Waals surface area contributed by atoms with E-state index in [1.165, 1.54) is 12.1 Å². The van der Waals surface area contributed by atoms with E-state index in [-0.39, 0.29) is 11.6 Å². The van der Waals surface area contributed by atoms with E-state index >= 15 is 0 Å². The van der Waals surface area contributed by atoms with Crippen LogP contribution < -0.4 is 0 Å². The van der Waals surface area contributed by atoms with Crippen LogP contribution >= 0.6 is 0 Å². The number of nitrogens with zero attached hydrogens (tertiary/aromatic N) is 1. The number of hydrogen-bond donors (Lipinski definition) is 0. The second-order valence-corrected chi connectivity index (χ2v) is 5.26. The molecule has 1 aromatic carbocycles. The van der Waals surface area contributed by atoms with Crippen molar-refractivity contribution in [1.82, 2.24) is 4.90 Å². The minimum Gasteiger partial charge on any atom is -0.458 e. The Morgan fingerprint density at radius 1 is 1.13 bits per heavy atom. The van der Waals surface area contributed by atoms with Gasteiger partial charge in [0.05, 0.1) is 13.2 Å². The Hall–Kier alpha value is -2.18. The molecule has 0 spiro atoms. The molecular formula is C17H18FNO4. The van der Waals surface area contributed by atoms with Crippen LogP contribution in [0, 0.1) is 5.82 Å². The van der Waals surface area contributed by atoms with Crippen LogP contribution in [0.25, 0.3) is 11.3 Å². The number of rotatable bonds is 5. The van der Waals surface area contributed by atoms with E-state index < -0.39 is 5.97 Å². The Labute approximate surface area is 133 Å². The number of halogens is 1. The minimum atomic E-state index is -0.494. The zero-order valence-corrected chi connectivity index (χ0v) is 12.7. The summed E-state index contributed by atoms with van der Waals surface area (Å²) >= 11 is 0. The summed E-state index contributed by atoms with van der Waals surface area (Å²) in [5, 5.41) is 0. The summed E-state index contributed by atoms with van der Waals surface area (Å²) in [6.07, 6.45) is 0. The molecule has 122 valence electrons. The lowest BCUT2D eigenvalue weighted by Crippen LogP contribution is -2.38. The lowest BCUT2D eigenvalue weighted by molar-refractivity contribution is 0.0182. The Morgan fingerprint density at radius 3 is 2.61 bits per heavy atom. The monoisotopic (exact) mass is 319 g/mol. The molecule has 0 atom stereocenters. The number of hydrogen-bond acceptors (Lipinski definition) is 5. The predicted octanol–water partition coefficient (Wildman–Crippen LogP) is 2.57. The Balaban J connectivity index is 1.52. The van der Waals surface area contributed by atoms with E-state index in [1.807, 2.05) is 0 Å². The normalized spacial score (nSPS) is 15.5. The highest BCUT2D eigenvalue weighted by Gasteiger charge is 2.15. The number of carbonyl (C=O) groups is 1. The molecule has 0 bridgehead atoms. The molecule has 5 nitrogen and oxygen atoms in total. The molecule has 0 aliphatic carbocycles. The van der Waals surface area contributed by atoms with Crippen molar-refractivity contribution in [1.29, 1.82) is 0 Å². The maximum absolute atomic E-state index is 12.9. The molecule has 1 aromatic heterocycles. The van der Waals surface area contributed by atoms with Crippen molar-refractivity contribution in [3.05, 3.63) is 48.0 Å². The number of benzene rings is 1. The van der Waals surface area contributed by atoms with Gasteiger partial charge in [0.2, 0.25) is 5.76 Å². The van der Waals surface area contributed by atoms with Gasteiger partial charge in [0.15, 0.2) is 0 Å². The predicted molar refractivity (Wildman–Crippen MR) is 81.6 cm³/mol. The fourth-order valence-corrected chi connectivity index (χ4v) is 2.38. The highest BCUT2D eigenvalue weighted by atomic mass is 19.1. The topological polar surface area (TPSA) is 51.9 Å². The molecule has 0 N–H and O–H groups in total. The van der Waals surface area contributed by atoms with Crippen molar-refractivity contribution >= 4 is 5.97 Å². The molecular weight excluding hydrogens is 301 g/mol. The van der Waals surface area contributed by atoms with E-state index in [2.05, 4.69) is 4.90 Å². The first-order chi connectivity index (χ1) is 11.2. The van der Waals surface area contributed by atoms with Gasteiger partial charge in [-0.25, -0.2) is 9.18 Å². The highest BCUT2D eigenvalue weighted by molar-refractivity contribution is 5.87. The third kappa shape index (κ3) is 4.18. The third-order valence-corrected chi connectivity index (χ3v) is 3.68. The van der Waals surface area contributed by atoms with Crippen LogP contribution in [-0.2, 0) is 9.47 Å². The van der Waals surface area contributed by atoms with Crippen LogP contribution in [0.2, 0.25) is 0 Å². The molecule has 1 saturated heterocycles. The second-order valence-electron chi connectivity index (χ2n) is 5.26. The van der Waals surface area contributed by atoms with E-state index in [0.29, 0.717) is 37.7 Å². The third-order valence-electron chi connectivity index (χ3n) is 3.68. The van der Waals surface area contributed by atoms with Crippen LogP contribution in [0.5, 0.6) is 0 Å². The molecule has 3 rings (SSSR count). The molecule has 23 heavy (non-hydrogen) atoms. The van der Waals surface area contributed by atoms with Gasteiger partial charge in [0.25, 0.3) is 0 Å². The van der Waals surface area contributed by atoms with Crippen molar-refractivity contribution in [2.45, 2.75) is 0 Å². The van der Waals surface area contributed by atoms with Crippen molar-refractivity contribution in [3.63, 3.8) is 0 Å².